The van der Waals surface area contributed by atoms with Crippen molar-refractivity contribution in [3.63, 3.8) is 0 Å². The second-order valence-electron chi connectivity index (χ2n) is 6.02. The SMILES string of the molecule is C[N+](C)(C)[SiH2][C]1c2ccccc2-c2ccccc21.[CaH2]. The van der Waals surface area contributed by atoms with Crippen molar-refractivity contribution >= 4 is 47.4 Å². The van der Waals surface area contributed by atoms with E-state index >= 15 is 0 Å². The predicted molar refractivity (Wildman–Crippen MR) is 88.4 cm³/mol. The van der Waals surface area contributed by atoms with E-state index in [4.69, 9.17) is 0 Å². The molecule has 0 spiro atoms. The summed E-state index contributed by atoms with van der Waals surface area (Å²) in [5.74, 6) is 0. The monoisotopic (exact) mass is 295 g/mol. The van der Waals surface area contributed by atoms with Gasteiger partial charge >= 0.3 is 37.7 Å². The Labute approximate surface area is 148 Å². The number of hydrogen-bond donors (Lipinski definition) is 0. The van der Waals surface area contributed by atoms with Crippen LogP contribution in [0, 0.1) is 5.54 Å². The van der Waals surface area contributed by atoms with Crippen LogP contribution in [-0.2, 0) is 0 Å². The molecule has 1 aliphatic carbocycles. The zero-order chi connectivity index (χ0) is 12.8. The molecule has 1 radical (unpaired) electrons. The minimum absolute atomic E-state index is 0. The average molecular weight is 296 g/mol. The van der Waals surface area contributed by atoms with Crippen LogP contribution >= 0.6 is 0 Å². The Balaban J connectivity index is 0.00000133. The molecule has 0 amide bonds. The van der Waals surface area contributed by atoms with E-state index in [1.165, 1.54) is 22.3 Å². The number of benzene rings is 2. The predicted octanol–water partition coefficient (Wildman–Crippen LogP) is 1.47. The number of quaternary nitrogens is 1. The van der Waals surface area contributed by atoms with Gasteiger partial charge < -0.3 is 4.15 Å². The van der Waals surface area contributed by atoms with Gasteiger partial charge in [-0.25, -0.2) is 0 Å². The average Bonchev–Trinajstić information content (AvgIpc) is 2.64. The van der Waals surface area contributed by atoms with Crippen molar-refractivity contribution in [2.75, 3.05) is 21.1 Å². The Hall–Kier alpha value is -0.123. The molecule has 2 aromatic rings. The maximum atomic E-state index is 2.31. The molecule has 2 aromatic carbocycles. The Morgan fingerprint density at radius 3 is 1.42 bits per heavy atom. The molecule has 0 aromatic heterocycles. The summed E-state index contributed by atoms with van der Waals surface area (Å²) in [6.07, 6.45) is 0. The van der Waals surface area contributed by atoms with Crippen molar-refractivity contribution in [1.82, 2.24) is 0 Å². The summed E-state index contributed by atoms with van der Waals surface area (Å²) in [6.45, 7) is 0. The topological polar surface area (TPSA) is 0 Å². The molecule has 3 heteroatoms. The van der Waals surface area contributed by atoms with E-state index in [2.05, 4.69) is 69.7 Å². The molecular formula is C16H21CaNSi+. The van der Waals surface area contributed by atoms with Crippen LogP contribution < -0.4 is 0 Å². The van der Waals surface area contributed by atoms with Crippen LogP contribution in [0.25, 0.3) is 11.1 Å². The van der Waals surface area contributed by atoms with Gasteiger partial charge in [-0.15, -0.1) is 0 Å². The van der Waals surface area contributed by atoms with Crippen molar-refractivity contribution in [2.24, 2.45) is 0 Å². The van der Waals surface area contributed by atoms with E-state index in [1.807, 2.05) is 0 Å². The summed E-state index contributed by atoms with van der Waals surface area (Å²) in [7, 11) is 6.59. The standard InChI is InChI=1S/C16H19NSi.Ca.2H/c1-17(2,3)18-16-14-10-6-4-8-12(14)13-9-5-7-11-15(13)16;;;/h4-11H,18H2,1-3H3;;;/q+1;;;. The molecule has 1 nitrogen and oxygen atoms in total. The van der Waals surface area contributed by atoms with E-state index < -0.39 is 0 Å². The summed E-state index contributed by atoms with van der Waals surface area (Å²) >= 11 is 0. The minimum atomic E-state index is -0.337. The second-order valence-corrected chi connectivity index (χ2v) is 8.94. The zero-order valence-corrected chi connectivity index (χ0v) is 12.7. The number of fused-ring (bicyclic) bond motifs is 3. The molecule has 0 saturated carbocycles. The molecule has 0 N–H and O–H groups in total. The van der Waals surface area contributed by atoms with Crippen LogP contribution in [0.4, 0.5) is 0 Å². The third-order valence-corrected chi connectivity index (χ3v) is 5.45. The normalized spacial score (nSPS) is 14.3. The van der Waals surface area contributed by atoms with Crippen LogP contribution in [0.3, 0.4) is 0 Å². The van der Waals surface area contributed by atoms with Crippen molar-refractivity contribution in [2.45, 2.75) is 0 Å². The molecular weight excluding hydrogens is 274 g/mol. The van der Waals surface area contributed by atoms with Crippen LogP contribution in [0.2, 0.25) is 0 Å². The van der Waals surface area contributed by atoms with Crippen molar-refractivity contribution < 1.29 is 4.15 Å². The molecule has 0 heterocycles. The van der Waals surface area contributed by atoms with E-state index in [-0.39, 0.29) is 47.4 Å². The molecule has 95 valence electrons. The molecule has 3 rings (SSSR count). The quantitative estimate of drug-likeness (QED) is 0.736. The molecule has 19 heavy (non-hydrogen) atoms. The molecule has 0 aliphatic heterocycles. The third-order valence-electron chi connectivity index (χ3n) is 3.43. The number of rotatable bonds is 2. The summed E-state index contributed by atoms with van der Waals surface area (Å²) in [6, 6.07) is 17.7. The van der Waals surface area contributed by atoms with Gasteiger partial charge in [0.25, 0.3) is 9.68 Å². The molecule has 0 unspecified atom stereocenters. The molecule has 1 aliphatic rings. The number of hydrogen-bond acceptors (Lipinski definition) is 0. The number of nitrogens with zero attached hydrogens (tertiary/aromatic N) is 1. The van der Waals surface area contributed by atoms with Crippen LogP contribution in [0.5, 0.6) is 0 Å². The maximum absolute atomic E-state index is 2.31. The Morgan fingerprint density at radius 1 is 0.684 bits per heavy atom. The summed E-state index contributed by atoms with van der Waals surface area (Å²) < 4.78 is 1.10. The van der Waals surface area contributed by atoms with Crippen molar-refractivity contribution in [3.8, 4) is 11.1 Å². The molecule has 0 atom stereocenters. The van der Waals surface area contributed by atoms with Gasteiger partial charge in [0, 0.05) is 0 Å². The van der Waals surface area contributed by atoms with Crippen molar-refractivity contribution in [1.29, 1.82) is 0 Å². The molecule has 0 fully saturated rings. The van der Waals surface area contributed by atoms with Gasteiger partial charge in [0.2, 0.25) is 0 Å². The first kappa shape index (κ1) is 15.3. The molecule has 0 saturated heterocycles. The first-order valence-corrected chi connectivity index (χ1v) is 7.76. The Morgan fingerprint density at radius 2 is 1.05 bits per heavy atom. The fourth-order valence-corrected chi connectivity index (χ4v) is 4.66. The van der Waals surface area contributed by atoms with Gasteiger partial charge in [-0.2, -0.15) is 0 Å². The van der Waals surface area contributed by atoms with E-state index in [0.717, 1.165) is 4.15 Å². The molecule has 0 bridgehead atoms. The van der Waals surface area contributed by atoms with E-state index in [9.17, 15) is 0 Å². The summed E-state index contributed by atoms with van der Waals surface area (Å²) in [4.78, 5) is 0. The van der Waals surface area contributed by atoms with Crippen molar-refractivity contribution in [3.05, 3.63) is 65.2 Å². The van der Waals surface area contributed by atoms with Crippen LogP contribution in [-0.4, -0.2) is 72.7 Å². The van der Waals surface area contributed by atoms with Gasteiger partial charge in [-0.3, -0.25) is 0 Å². The summed E-state index contributed by atoms with van der Waals surface area (Å²) in [5.41, 5.74) is 7.40. The van der Waals surface area contributed by atoms with E-state index in [0.29, 0.717) is 0 Å². The van der Waals surface area contributed by atoms with Gasteiger partial charge in [0.15, 0.2) is 0 Å². The van der Waals surface area contributed by atoms with E-state index in [1.54, 1.807) is 5.54 Å². The first-order chi connectivity index (χ1) is 8.56. The summed E-state index contributed by atoms with van der Waals surface area (Å²) in [5, 5.41) is 0. The van der Waals surface area contributed by atoms with Crippen LogP contribution in [0.1, 0.15) is 11.1 Å². The third kappa shape index (κ3) is 2.98. The second kappa shape index (κ2) is 5.70. The van der Waals surface area contributed by atoms with Gasteiger partial charge in [-0.1, -0.05) is 48.5 Å². The fraction of sp³-hybridized carbons (Fsp3) is 0.188. The Bertz CT molecular complexity index is 544. The zero-order valence-electron chi connectivity index (χ0n) is 11.3. The van der Waals surface area contributed by atoms with Gasteiger partial charge in [0.1, 0.15) is 0 Å². The van der Waals surface area contributed by atoms with Gasteiger partial charge in [-0.05, 0) is 22.3 Å². The van der Waals surface area contributed by atoms with Crippen LogP contribution in [0.15, 0.2) is 48.5 Å². The fourth-order valence-electron chi connectivity index (χ4n) is 2.75. The first-order valence-electron chi connectivity index (χ1n) is 6.42. The Kier molecular flexibility index (Phi) is 4.58. The van der Waals surface area contributed by atoms with Gasteiger partial charge in [0.05, 0.1) is 26.7 Å².